The number of rotatable bonds is 0. The van der Waals surface area contributed by atoms with E-state index in [1.54, 1.807) is 0 Å². The number of hydrogen-bond acceptors (Lipinski definition) is 0. The van der Waals surface area contributed by atoms with Gasteiger partial charge >= 0.3 is 23.1 Å². The molecule has 0 heterocycles. The minimum atomic E-state index is 0. The maximum Gasteiger partial charge on any atom is 2.00 e. The molecule has 0 N–H and O–H groups in total. The average Bonchev–Trinajstić information content (AvgIpc) is 0. The van der Waals surface area contributed by atoms with Crippen molar-refractivity contribution in [3.8, 4) is 0 Å². The van der Waals surface area contributed by atoms with Crippen LogP contribution in [0.5, 0.6) is 0 Å². The molecule has 0 unspecified atom stereocenters. The van der Waals surface area contributed by atoms with Gasteiger partial charge in [0.25, 0.3) is 0 Å². The Bertz CT molecular complexity index is 13.5. The number of hydrogen-bond donors (Lipinski definition) is 0. The molecule has 4 heteroatoms. The summed E-state index contributed by atoms with van der Waals surface area (Å²) >= 11 is 0. The van der Waals surface area contributed by atoms with E-state index in [9.17, 15) is 0 Å². The SMILES string of the molecule is [AlH3].[H-].[H-].[Mg+2].[SiH4].[Y]. The molecule has 0 aliphatic rings. The summed E-state index contributed by atoms with van der Waals surface area (Å²) in [4.78, 5) is 0. The van der Waals surface area contributed by atoms with Crippen LogP contribution in [0.2, 0.25) is 0 Å². The second-order valence-electron chi connectivity index (χ2n) is 0. The van der Waals surface area contributed by atoms with Gasteiger partial charge in [0, 0.05) is 32.7 Å². The second kappa shape index (κ2) is 17.5. The largest absolute Gasteiger partial charge is 2.00 e. The van der Waals surface area contributed by atoms with Crippen LogP contribution in [-0.4, -0.2) is 51.4 Å². The maximum atomic E-state index is 0. The van der Waals surface area contributed by atoms with Crippen molar-refractivity contribution in [2.45, 2.75) is 0 Å². The van der Waals surface area contributed by atoms with E-state index in [0.717, 1.165) is 0 Å². The molecule has 0 aromatic heterocycles. The molecule has 1 radical (unpaired) electrons. The van der Waals surface area contributed by atoms with Gasteiger partial charge in [-0.3, -0.25) is 0 Å². The fourth-order valence-electron chi connectivity index (χ4n) is 0. The Hall–Kier alpha value is 2.62. The molecule has 4 heavy (non-hydrogen) atoms. The van der Waals surface area contributed by atoms with Gasteiger partial charge in [-0.05, 0) is 11.0 Å². The van der Waals surface area contributed by atoms with E-state index in [1.165, 1.54) is 0 Å². The van der Waals surface area contributed by atoms with Crippen LogP contribution in [0.1, 0.15) is 2.85 Å². The van der Waals surface area contributed by atoms with Crippen LogP contribution in [0.15, 0.2) is 0 Å². The molecule has 0 bridgehead atoms. The van der Waals surface area contributed by atoms with Crippen molar-refractivity contribution in [3.05, 3.63) is 0 Å². The van der Waals surface area contributed by atoms with Crippen LogP contribution in [0.3, 0.4) is 0 Å². The van der Waals surface area contributed by atoms with Gasteiger partial charge in [0.2, 0.25) is 0 Å². The van der Waals surface area contributed by atoms with E-state index < -0.39 is 0 Å². The van der Waals surface area contributed by atoms with Crippen molar-refractivity contribution < 1.29 is 35.6 Å². The van der Waals surface area contributed by atoms with Crippen molar-refractivity contribution in [2.75, 3.05) is 0 Å². The quantitative estimate of drug-likeness (QED) is 0.351. The molecule has 0 saturated carbocycles. The predicted molar refractivity (Wildman–Crippen MR) is 29.3 cm³/mol. The molecule has 0 saturated heterocycles. The van der Waals surface area contributed by atoms with Crippen molar-refractivity contribution in [3.63, 3.8) is 0 Å². The fraction of sp³-hybridized carbons (Fsp3) is 0. The molecule has 0 fully saturated rings. The molecule has 0 aliphatic heterocycles. The molecule has 0 aromatic carbocycles. The van der Waals surface area contributed by atoms with E-state index in [2.05, 4.69) is 0 Å². The van der Waals surface area contributed by atoms with Gasteiger partial charge in [-0.1, -0.05) is 0 Å². The molecular weight excluding hydrogens is 168 g/mol. The summed E-state index contributed by atoms with van der Waals surface area (Å²) in [5.41, 5.74) is 0. The van der Waals surface area contributed by atoms with E-state index >= 15 is 0 Å². The Labute approximate surface area is 85.6 Å². The minimum absolute atomic E-state index is 0. The molecule has 0 spiro atoms. The third-order valence-electron chi connectivity index (χ3n) is 0. The fourth-order valence-corrected chi connectivity index (χ4v) is 0. The summed E-state index contributed by atoms with van der Waals surface area (Å²) in [6.45, 7) is 0. The zero-order chi connectivity index (χ0) is 0. The van der Waals surface area contributed by atoms with Crippen LogP contribution in [-0.2, 0) is 32.7 Å². The summed E-state index contributed by atoms with van der Waals surface area (Å²) in [5.74, 6) is 0. The van der Waals surface area contributed by atoms with E-state index in [-0.39, 0.29) is 86.9 Å². The first-order valence-corrected chi connectivity index (χ1v) is 0. The molecule has 0 nitrogen and oxygen atoms in total. The normalized spacial score (nSPS) is 0. The zero-order valence-electron chi connectivity index (χ0n) is 3.28. The van der Waals surface area contributed by atoms with Crippen LogP contribution in [0.25, 0.3) is 0 Å². The van der Waals surface area contributed by atoms with E-state index in [1.807, 2.05) is 0 Å². The molecule has 0 rings (SSSR count). The van der Waals surface area contributed by atoms with E-state index in [0.29, 0.717) is 0 Å². The first-order valence-electron chi connectivity index (χ1n) is 0. The predicted octanol–water partition coefficient (Wildman–Crippen LogP) is -2.79. The molecule has 0 amide bonds. The first kappa shape index (κ1) is 30.5. The monoisotopic (exact) mass is 177 g/mol. The smallest absolute Gasteiger partial charge is 1.00 e. The average molecular weight is 177 g/mol. The summed E-state index contributed by atoms with van der Waals surface area (Å²) in [5, 5.41) is 0. The topological polar surface area (TPSA) is 0 Å². The van der Waals surface area contributed by atoms with Crippen molar-refractivity contribution in [1.29, 1.82) is 0 Å². The molecule has 0 aliphatic carbocycles. The van der Waals surface area contributed by atoms with Crippen LogP contribution < -0.4 is 0 Å². The van der Waals surface area contributed by atoms with Gasteiger partial charge in [0.15, 0.2) is 17.4 Å². The summed E-state index contributed by atoms with van der Waals surface area (Å²) in [6.07, 6.45) is 0. The summed E-state index contributed by atoms with van der Waals surface area (Å²) < 4.78 is 0. The van der Waals surface area contributed by atoms with Gasteiger partial charge in [-0.25, -0.2) is 0 Å². The Balaban J connectivity index is 0. The van der Waals surface area contributed by atoms with Gasteiger partial charge in [-0.15, -0.1) is 0 Å². The Morgan fingerprint density at radius 3 is 1.25 bits per heavy atom. The minimum Gasteiger partial charge on any atom is -1.00 e. The van der Waals surface area contributed by atoms with E-state index in [4.69, 9.17) is 0 Å². The van der Waals surface area contributed by atoms with Crippen LogP contribution >= 0.6 is 0 Å². The zero-order valence-corrected chi connectivity index (χ0v) is 5.54. The van der Waals surface area contributed by atoms with Crippen molar-refractivity contribution in [1.82, 2.24) is 0 Å². The standard InChI is InChI=1S/Al.Mg.H4Si.Y.5H/h;;1H4;;;;;;/q;+2;;;;;;2*-1. The Morgan fingerprint density at radius 2 is 1.25 bits per heavy atom. The second-order valence-corrected chi connectivity index (χ2v) is 0. The molecule has 0 aromatic rings. The summed E-state index contributed by atoms with van der Waals surface area (Å²) in [6, 6.07) is 0. The van der Waals surface area contributed by atoms with Gasteiger partial charge in [0.05, 0.1) is 0 Å². The van der Waals surface area contributed by atoms with Crippen molar-refractivity contribution >= 4 is 51.4 Å². The third-order valence-corrected chi connectivity index (χ3v) is 0. The summed E-state index contributed by atoms with van der Waals surface area (Å²) in [7, 11) is 0. The Kier molecular flexibility index (Phi) is 133. The molecule has 21 valence electrons. The maximum absolute atomic E-state index is 0. The van der Waals surface area contributed by atoms with Crippen molar-refractivity contribution in [2.24, 2.45) is 0 Å². The van der Waals surface area contributed by atoms with Crippen LogP contribution in [0.4, 0.5) is 0 Å². The van der Waals surface area contributed by atoms with Gasteiger partial charge in [0.1, 0.15) is 0 Å². The molecule has 0 atom stereocenters. The Morgan fingerprint density at radius 1 is 1.25 bits per heavy atom. The van der Waals surface area contributed by atoms with Gasteiger partial charge < -0.3 is 2.85 Å². The van der Waals surface area contributed by atoms with Crippen LogP contribution in [0, 0.1) is 0 Å². The molecular formula is H9AlMgSiY. The first-order chi connectivity index (χ1) is 0. The third kappa shape index (κ3) is 8.82. The van der Waals surface area contributed by atoms with Gasteiger partial charge in [-0.2, -0.15) is 0 Å².